The highest BCUT2D eigenvalue weighted by Gasteiger charge is 2.51. The predicted molar refractivity (Wildman–Crippen MR) is 89.8 cm³/mol. The Morgan fingerprint density at radius 1 is 1.05 bits per heavy atom. The van der Waals surface area contributed by atoms with E-state index in [-0.39, 0.29) is 5.91 Å². The Hall–Kier alpha value is -1.31. The predicted octanol–water partition coefficient (Wildman–Crippen LogP) is 4.85. The minimum atomic E-state index is 0.236. The fourth-order valence-electron chi connectivity index (χ4n) is 6.04. The maximum absolute atomic E-state index is 12.7. The maximum atomic E-state index is 12.7. The summed E-state index contributed by atoms with van der Waals surface area (Å²) >= 11 is 0. The smallest absolute Gasteiger partial charge is 0.224 e. The van der Waals surface area contributed by atoms with Crippen molar-refractivity contribution in [3.05, 3.63) is 29.3 Å². The number of carbonyl (C=O) groups is 1. The molecule has 22 heavy (non-hydrogen) atoms. The normalized spacial score (nSPS) is 35.6. The van der Waals surface area contributed by atoms with Crippen LogP contribution < -0.4 is 5.32 Å². The van der Waals surface area contributed by atoms with E-state index in [1.807, 2.05) is 0 Å². The van der Waals surface area contributed by atoms with Crippen molar-refractivity contribution in [3.8, 4) is 0 Å². The summed E-state index contributed by atoms with van der Waals surface area (Å²) in [5.41, 5.74) is 3.69. The molecule has 1 N–H and O–H groups in total. The van der Waals surface area contributed by atoms with Crippen LogP contribution in [0.2, 0.25) is 0 Å². The molecule has 118 valence electrons. The third-order valence-electron chi connectivity index (χ3n) is 6.45. The van der Waals surface area contributed by atoms with Crippen LogP contribution in [0.25, 0.3) is 0 Å². The lowest BCUT2D eigenvalue weighted by atomic mass is 9.49. The van der Waals surface area contributed by atoms with Crippen molar-refractivity contribution < 1.29 is 4.79 Å². The van der Waals surface area contributed by atoms with Crippen LogP contribution in [0.4, 0.5) is 5.69 Å². The van der Waals surface area contributed by atoms with Crippen LogP contribution in [0, 0.1) is 37.0 Å². The second-order valence-electron chi connectivity index (χ2n) is 8.41. The first-order chi connectivity index (χ1) is 10.5. The van der Waals surface area contributed by atoms with Crippen LogP contribution in [0.5, 0.6) is 0 Å². The minimum absolute atomic E-state index is 0.236. The molecule has 0 atom stereocenters. The van der Waals surface area contributed by atoms with Crippen molar-refractivity contribution in [2.75, 3.05) is 5.32 Å². The molecular weight excluding hydrogens is 270 g/mol. The highest BCUT2D eigenvalue weighted by Crippen LogP contribution is 2.61. The van der Waals surface area contributed by atoms with Crippen molar-refractivity contribution in [3.63, 3.8) is 0 Å². The van der Waals surface area contributed by atoms with E-state index < -0.39 is 0 Å². The van der Waals surface area contributed by atoms with E-state index in [2.05, 4.69) is 37.4 Å². The third-order valence-corrected chi connectivity index (χ3v) is 6.45. The second-order valence-corrected chi connectivity index (χ2v) is 8.41. The van der Waals surface area contributed by atoms with E-state index >= 15 is 0 Å². The number of rotatable bonds is 3. The number of benzene rings is 1. The van der Waals surface area contributed by atoms with Crippen molar-refractivity contribution in [1.29, 1.82) is 0 Å². The van der Waals surface area contributed by atoms with Gasteiger partial charge < -0.3 is 5.32 Å². The molecule has 0 unspecified atom stereocenters. The number of aryl methyl sites for hydroxylation is 2. The molecule has 4 bridgehead atoms. The average Bonchev–Trinajstić information content (AvgIpc) is 2.41. The van der Waals surface area contributed by atoms with Gasteiger partial charge in [0.25, 0.3) is 0 Å². The van der Waals surface area contributed by atoms with Gasteiger partial charge in [0.15, 0.2) is 0 Å². The zero-order chi connectivity index (χ0) is 15.3. The summed E-state index contributed by atoms with van der Waals surface area (Å²) in [4.78, 5) is 12.7. The largest absolute Gasteiger partial charge is 0.326 e. The molecule has 4 aliphatic rings. The van der Waals surface area contributed by atoms with Gasteiger partial charge in [0.05, 0.1) is 0 Å². The topological polar surface area (TPSA) is 29.1 Å². The number of hydrogen-bond acceptors (Lipinski definition) is 1. The number of amides is 1. The molecule has 0 aliphatic heterocycles. The SMILES string of the molecule is Cc1cccc(C)c1NC(=O)CC12CC3CC(CC(C3)C1)C2. The van der Waals surface area contributed by atoms with Gasteiger partial charge >= 0.3 is 0 Å². The molecule has 2 heteroatoms. The first-order valence-corrected chi connectivity index (χ1v) is 8.89. The van der Waals surface area contributed by atoms with E-state index in [4.69, 9.17) is 0 Å². The Kier molecular flexibility index (Phi) is 3.32. The highest BCUT2D eigenvalue weighted by molar-refractivity contribution is 5.92. The Morgan fingerprint density at radius 3 is 2.05 bits per heavy atom. The summed E-state index contributed by atoms with van der Waals surface area (Å²) in [5, 5.41) is 3.21. The molecule has 0 spiro atoms. The van der Waals surface area contributed by atoms with E-state index in [9.17, 15) is 4.79 Å². The Morgan fingerprint density at radius 2 is 1.55 bits per heavy atom. The van der Waals surface area contributed by atoms with Gasteiger partial charge in [0, 0.05) is 12.1 Å². The standard InChI is InChI=1S/C20H27NO/c1-13-4-3-5-14(2)19(13)21-18(22)12-20-9-15-6-16(10-20)8-17(7-15)11-20/h3-5,15-17H,6-12H2,1-2H3,(H,21,22). The van der Waals surface area contributed by atoms with E-state index in [1.165, 1.54) is 49.7 Å². The summed E-state index contributed by atoms with van der Waals surface area (Å²) in [6.07, 6.45) is 8.98. The molecule has 1 aromatic carbocycles. The second kappa shape index (κ2) is 5.11. The fourth-order valence-corrected chi connectivity index (χ4v) is 6.04. The Labute approximate surface area is 133 Å². The fraction of sp³-hybridized carbons (Fsp3) is 0.650. The van der Waals surface area contributed by atoms with Gasteiger partial charge in [-0.2, -0.15) is 0 Å². The minimum Gasteiger partial charge on any atom is -0.326 e. The van der Waals surface area contributed by atoms with Crippen LogP contribution in [0.3, 0.4) is 0 Å². The first kappa shape index (κ1) is 14.3. The molecule has 4 saturated carbocycles. The number of nitrogens with one attached hydrogen (secondary N) is 1. The van der Waals surface area contributed by atoms with Crippen molar-refractivity contribution in [1.82, 2.24) is 0 Å². The molecule has 0 saturated heterocycles. The molecular formula is C20H27NO. The summed E-state index contributed by atoms with van der Waals surface area (Å²) < 4.78 is 0. The monoisotopic (exact) mass is 297 g/mol. The lowest BCUT2D eigenvalue weighted by Gasteiger charge is -2.56. The maximum Gasteiger partial charge on any atom is 0.224 e. The van der Waals surface area contributed by atoms with Crippen molar-refractivity contribution in [2.24, 2.45) is 23.2 Å². The highest BCUT2D eigenvalue weighted by atomic mass is 16.1. The molecule has 1 aromatic rings. The van der Waals surface area contributed by atoms with E-state index in [0.717, 1.165) is 29.9 Å². The molecule has 0 aromatic heterocycles. The van der Waals surface area contributed by atoms with Crippen LogP contribution in [0.1, 0.15) is 56.1 Å². The van der Waals surface area contributed by atoms with Crippen LogP contribution >= 0.6 is 0 Å². The molecule has 0 radical (unpaired) electrons. The van der Waals surface area contributed by atoms with Gasteiger partial charge in [0.1, 0.15) is 0 Å². The van der Waals surface area contributed by atoms with E-state index in [1.54, 1.807) is 0 Å². The lowest BCUT2D eigenvalue weighted by Crippen LogP contribution is -2.47. The van der Waals surface area contributed by atoms with Crippen LogP contribution in [-0.4, -0.2) is 5.91 Å². The van der Waals surface area contributed by atoms with Gasteiger partial charge in [-0.15, -0.1) is 0 Å². The summed E-state index contributed by atoms with van der Waals surface area (Å²) in [6, 6.07) is 6.21. The molecule has 4 aliphatic carbocycles. The van der Waals surface area contributed by atoms with Gasteiger partial charge in [-0.25, -0.2) is 0 Å². The van der Waals surface area contributed by atoms with Crippen LogP contribution in [0.15, 0.2) is 18.2 Å². The third kappa shape index (κ3) is 2.47. The molecule has 0 heterocycles. The Bertz CT molecular complexity index is 548. The zero-order valence-electron chi connectivity index (χ0n) is 13.8. The molecule has 2 nitrogen and oxygen atoms in total. The number of para-hydroxylation sites is 1. The first-order valence-electron chi connectivity index (χ1n) is 8.89. The van der Waals surface area contributed by atoms with Gasteiger partial charge in [-0.1, -0.05) is 18.2 Å². The van der Waals surface area contributed by atoms with Gasteiger partial charge in [0.2, 0.25) is 5.91 Å². The summed E-state index contributed by atoms with van der Waals surface area (Å²) in [6.45, 7) is 4.15. The number of carbonyl (C=O) groups excluding carboxylic acids is 1. The number of anilines is 1. The average molecular weight is 297 g/mol. The molecule has 5 rings (SSSR count). The van der Waals surface area contributed by atoms with Gasteiger partial charge in [-0.05, 0) is 86.7 Å². The van der Waals surface area contributed by atoms with E-state index in [0.29, 0.717) is 5.41 Å². The van der Waals surface area contributed by atoms with Crippen molar-refractivity contribution in [2.45, 2.75) is 58.8 Å². The zero-order valence-corrected chi connectivity index (χ0v) is 13.8. The summed E-state index contributed by atoms with van der Waals surface area (Å²) in [5.74, 6) is 2.98. The quantitative estimate of drug-likeness (QED) is 0.849. The van der Waals surface area contributed by atoms with Crippen LogP contribution in [-0.2, 0) is 4.79 Å². The Balaban J connectivity index is 1.48. The molecule has 4 fully saturated rings. The molecule has 1 amide bonds. The lowest BCUT2D eigenvalue weighted by molar-refractivity contribution is -0.124. The number of hydrogen-bond donors (Lipinski definition) is 1. The van der Waals surface area contributed by atoms with Gasteiger partial charge in [-0.3, -0.25) is 4.79 Å². The summed E-state index contributed by atoms with van der Waals surface area (Å²) in [7, 11) is 0. The van der Waals surface area contributed by atoms with Crippen molar-refractivity contribution >= 4 is 11.6 Å².